The minimum atomic E-state index is -1.15. The first-order valence-electron chi connectivity index (χ1n) is 9.99. The van der Waals surface area contributed by atoms with Crippen LogP contribution >= 0.6 is 11.8 Å². The second-order valence-electron chi connectivity index (χ2n) is 6.96. The molecular formula is C24H22N2O6S. The van der Waals surface area contributed by atoms with E-state index in [1.165, 1.54) is 23.9 Å². The molecular weight excluding hydrogens is 444 g/mol. The van der Waals surface area contributed by atoms with Crippen molar-refractivity contribution in [2.24, 2.45) is 0 Å². The van der Waals surface area contributed by atoms with Gasteiger partial charge in [-0.15, -0.1) is 11.8 Å². The van der Waals surface area contributed by atoms with Gasteiger partial charge < -0.3 is 14.8 Å². The number of carbonyl (C=O) groups excluding carboxylic acids is 2. The number of nitrogens with one attached hydrogen (secondary N) is 1. The fourth-order valence-corrected chi connectivity index (χ4v) is 3.75. The van der Waals surface area contributed by atoms with Crippen LogP contribution in [0.25, 0.3) is 0 Å². The van der Waals surface area contributed by atoms with E-state index >= 15 is 0 Å². The first-order chi connectivity index (χ1) is 15.9. The number of nitrogens with zero attached hydrogens (tertiary/aromatic N) is 1. The van der Waals surface area contributed by atoms with Crippen molar-refractivity contribution in [2.45, 2.75) is 23.2 Å². The second kappa shape index (κ2) is 11.1. The molecule has 9 heteroatoms. The number of carbonyl (C=O) groups is 2. The Balaban J connectivity index is 1.71. The van der Waals surface area contributed by atoms with Gasteiger partial charge in [0.05, 0.1) is 12.0 Å². The van der Waals surface area contributed by atoms with E-state index in [1.54, 1.807) is 80.8 Å². The van der Waals surface area contributed by atoms with Crippen LogP contribution in [0, 0.1) is 10.1 Å². The van der Waals surface area contributed by atoms with E-state index in [-0.39, 0.29) is 5.69 Å². The predicted octanol–water partition coefficient (Wildman–Crippen LogP) is 5.01. The minimum absolute atomic E-state index is 0.0334. The number of hydrogen-bond acceptors (Lipinski definition) is 7. The smallest absolute Gasteiger partial charge is 0.320 e. The van der Waals surface area contributed by atoms with Crippen LogP contribution < -0.4 is 10.1 Å². The van der Waals surface area contributed by atoms with Crippen molar-refractivity contribution in [2.75, 3.05) is 12.4 Å². The molecule has 0 radical (unpaired) electrons. The third kappa shape index (κ3) is 6.56. The summed E-state index contributed by atoms with van der Waals surface area (Å²) in [4.78, 5) is 36.8. The molecule has 0 aliphatic heterocycles. The summed E-state index contributed by atoms with van der Waals surface area (Å²) in [6.07, 6.45) is -1.15. The summed E-state index contributed by atoms with van der Waals surface area (Å²) in [5.74, 6) is -0.430. The number of amides is 1. The molecule has 2 unspecified atom stereocenters. The van der Waals surface area contributed by atoms with Gasteiger partial charge in [-0.2, -0.15) is 0 Å². The summed E-state index contributed by atoms with van der Waals surface area (Å²) in [5, 5.41) is 12.9. The van der Waals surface area contributed by atoms with Gasteiger partial charge in [0.2, 0.25) is 6.10 Å². The first-order valence-corrected chi connectivity index (χ1v) is 10.9. The van der Waals surface area contributed by atoms with Gasteiger partial charge in [-0.1, -0.05) is 30.3 Å². The molecule has 8 nitrogen and oxygen atoms in total. The minimum Gasteiger partial charge on any atom is -0.497 e. The highest BCUT2D eigenvalue weighted by Crippen LogP contribution is 2.28. The maximum Gasteiger partial charge on any atom is 0.320 e. The Kier molecular flexibility index (Phi) is 8.04. The lowest BCUT2D eigenvalue weighted by Gasteiger charge is -2.20. The van der Waals surface area contributed by atoms with Crippen molar-refractivity contribution in [3.05, 3.63) is 94.5 Å². The normalized spacial score (nSPS) is 12.3. The monoisotopic (exact) mass is 466 g/mol. The standard InChI is InChI=1S/C24H22N2O6S/c1-16(33-21-14-10-19(11-15-21)26(29)30)24(28)32-22(17-6-4-3-5-7-17)23(27)25-18-8-12-20(31-2)13-9-18/h3-16,22H,1-2H3,(H,25,27). The number of ether oxygens (including phenoxy) is 2. The first kappa shape index (κ1) is 23.8. The number of nitro groups is 1. The van der Waals surface area contributed by atoms with Crippen molar-refractivity contribution >= 4 is 35.0 Å². The molecule has 0 heterocycles. The molecule has 2 atom stereocenters. The topological polar surface area (TPSA) is 108 Å². The average molecular weight is 467 g/mol. The Morgan fingerprint density at radius 2 is 1.61 bits per heavy atom. The third-order valence-electron chi connectivity index (χ3n) is 4.62. The summed E-state index contributed by atoms with van der Waals surface area (Å²) in [7, 11) is 1.55. The number of rotatable bonds is 9. The van der Waals surface area contributed by atoms with Gasteiger partial charge in [-0.05, 0) is 43.3 Å². The summed E-state index contributed by atoms with van der Waals surface area (Å²) in [5.41, 5.74) is 1.03. The molecule has 0 bridgehead atoms. The molecule has 0 aliphatic carbocycles. The van der Waals surface area contributed by atoms with Crippen LogP contribution in [0.2, 0.25) is 0 Å². The molecule has 0 saturated carbocycles. The van der Waals surface area contributed by atoms with Crippen LogP contribution in [0.1, 0.15) is 18.6 Å². The fraction of sp³-hybridized carbons (Fsp3) is 0.167. The van der Waals surface area contributed by atoms with E-state index in [0.29, 0.717) is 21.9 Å². The molecule has 0 aliphatic rings. The molecule has 1 amide bonds. The van der Waals surface area contributed by atoms with Gasteiger partial charge in [0, 0.05) is 28.3 Å². The van der Waals surface area contributed by atoms with E-state index in [0.717, 1.165) is 0 Å². The number of benzene rings is 3. The van der Waals surface area contributed by atoms with E-state index in [9.17, 15) is 19.7 Å². The maximum atomic E-state index is 13.0. The summed E-state index contributed by atoms with van der Waals surface area (Å²) in [6.45, 7) is 1.65. The van der Waals surface area contributed by atoms with Crippen molar-refractivity contribution in [1.82, 2.24) is 0 Å². The van der Waals surface area contributed by atoms with Crippen molar-refractivity contribution in [3.8, 4) is 5.75 Å². The molecule has 3 aromatic carbocycles. The van der Waals surface area contributed by atoms with Crippen LogP contribution in [0.5, 0.6) is 5.75 Å². The molecule has 170 valence electrons. The van der Waals surface area contributed by atoms with E-state index in [2.05, 4.69) is 5.32 Å². The lowest BCUT2D eigenvalue weighted by Crippen LogP contribution is -2.28. The Morgan fingerprint density at radius 1 is 0.970 bits per heavy atom. The van der Waals surface area contributed by atoms with E-state index in [4.69, 9.17) is 9.47 Å². The number of esters is 1. The van der Waals surface area contributed by atoms with Crippen LogP contribution in [0.3, 0.4) is 0 Å². The Bertz CT molecular complexity index is 1100. The Labute approximate surface area is 195 Å². The quantitative estimate of drug-likeness (QED) is 0.204. The maximum absolute atomic E-state index is 13.0. The van der Waals surface area contributed by atoms with E-state index < -0.39 is 28.2 Å². The van der Waals surface area contributed by atoms with Crippen LogP contribution in [-0.2, 0) is 14.3 Å². The SMILES string of the molecule is COc1ccc(NC(=O)C(OC(=O)C(C)Sc2ccc([N+](=O)[O-])cc2)c2ccccc2)cc1. The zero-order valence-electron chi connectivity index (χ0n) is 18.0. The summed E-state index contributed by atoms with van der Waals surface area (Å²) < 4.78 is 10.7. The Hall–Kier alpha value is -3.85. The zero-order valence-corrected chi connectivity index (χ0v) is 18.8. The van der Waals surface area contributed by atoms with Gasteiger partial charge in [-0.3, -0.25) is 19.7 Å². The van der Waals surface area contributed by atoms with Gasteiger partial charge in [-0.25, -0.2) is 0 Å². The lowest BCUT2D eigenvalue weighted by atomic mass is 10.1. The molecule has 3 aromatic rings. The van der Waals surface area contributed by atoms with Crippen LogP contribution in [-0.4, -0.2) is 29.2 Å². The molecule has 3 rings (SSSR count). The fourth-order valence-electron chi connectivity index (χ4n) is 2.89. The molecule has 0 spiro atoms. The van der Waals surface area contributed by atoms with Crippen LogP contribution in [0.4, 0.5) is 11.4 Å². The molecule has 1 N–H and O–H groups in total. The zero-order chi connectivity index (χ0) is 23.8. The highest BCUT2D eigenvalue weighted by Gasteiger charge is 2.28. The number of thioether (sulfide) groups is 1. The number of non-ortho nitro benzene ring substituents is 1. The van der Waals surface area contributed by atoms with Gasteiger partial charge in [0.1, 0.15) is 11.0 Å². The number of hydrogen-bond donors (Lipinski definition) is 1. The highest BCUT2D eigenvalue weighted by atomic mass is 32.2. The van der Waals surface area contributed by atoms with Gasteiger partial charge >= 0.3 is 5.97 Å². The second-order valence-corrected chi connectivity index (χ2v) is 8.37. The van der Waals surface area contributed by atoms with E-state index in [1.807, 2.05) is 0 Å². The van der Waals surface area contributed by atoms with Crippen molar-refractivity contribution < 1.29 is 24.0 Å². The number of methoxy groups -OCH3 is 1. The molecule has 33 heavy (non-hydrogen) atoms. The largest absolute Gasteiger partial charge is 0.497 e. The summed E-state index contributed by atoms with van der Waals surface area (Å²) in [6, 6.07) is 21.4. The van der Waals surface area contributed by atoms with Crippen molar-refractivity contribution in [1.29, 1.82) is 0 Å². The molecule has 0 aromatic heterocycles. The van der Waals surface area contributed by atoms with Crippen molar-refractivity contribution in [3.63, 3.8) is 0 Å². The lowest BCUT2D eigenvalue weighted by molar-refractivity contribution is -0.384. The Morgan fingerprint density at radius 3 is 2.18 bits per heavy atom. The summed E-state index contributed by atoms with van der Waals surface area (Å²) >= 11 is 1.19. The van der Waals surface area contributed by atoms with Gasteiger partial charge in [0.15, 0.2) is 0 Å². The highest BCUT2D eigenvalue weighted by molar-refractivity contribution is 8.00. The molecule has 0 fully saturated rings. The van der Waals surface area contributed by atoms with Gasteiger partial charge in [0.25, 0.3) is 11.6 Å². The average Bonchev–Trinajstić information content (AvgIpc) is 2.83. The predicted molar refractivity (Wildman–Crippen MR) is 125 cm³/mol. The number of nitro benzene ring substituents is 1. The van der Waals surface area contributed by atoms with Crippen LogP contribution in [0.15, 0.2) is 83.8 Å². The molecule has 0 saturated heterocycles. The number of anilines is 1. The third-order valence-corrected chi connectivity index (χ3v) is 5.71.